The molecule has 0 atom stereocenters. The average Bonchev–Trinajstić information content (AvgIpc) is 1.61. The molecule has 0 radical (unpaired) electrons. The van der Waals surface area contributed by atoms with Crippen molar-refractivity contribution in [3.05, 3.63) is 12.2 Å². The van der Waals surface area contributed by atoms with E-state index in [2.05, 4.69) is 18.4 Å². The van der Waals surface area contributed by atoms with Crippen molar-refractivity contribution in [3.8, 4) is 11.8 Å². The van der Waals surface area contributed by atoms with Crippen LogP contribution in [0, 0.1) is 11.8 Å². The maximum Gasteiger partial charge on any atom is 0.00638 e. The van der Waals surface area contributed by atoms with E-state index in [4.69, 9.17) is 0 Å². The van der Waals surface area contributed by atoms with E-state index < -0.39 is 0 Å². The first-order valence-corrected chi connectivity index (χ1v) is 2.41. The normalized spacial score (nSPS) is 6.57. The molecule has 0 aromatic heterocycles. The lowest BCUT2D eigenvalue weighted by molar-refractivity contribution is 1.28. The minimum absolute atomic E-state index is 0.923. The Hall–Kier alpha value is -0.700. The van der Waals surface area contributed by atoms with E-state index in [1.165, 1.54) is 0 Å². The molecule has 0 nitrogen and oxygen atoms in total. The topological polar surface area (TPSA) is 0 Å². The van der Waals surface area contributed by atoms with E-state index in [1.54, 1.807) is 0 Å². The van der Waals surface area contributed by atoms with Crippen molar-refractivity contribution >= 4 is 0 Å². The third kappa shape index (κ3) is 5.30. The smallest absolute Gasteiger partial charge is 0.00638 e. The summed E-state index contributed by atoms with van der Waals surface area (Å²) in [5, 5.41) is 0. The number of allylic oxidation sites excluding steroid dienone is 1. The van der Waals surface area contributed by atoms with Crippen LogP contribution in [-0.2, 0) is 0 Å². The summed E-state index contributed by atoms with van der Waals surface area (Å²) in [4.78, 5) is 0. The summed E-state index contributed by atoms with van der Waals surface area (Å²) in [5.41, 5.74) is 0.946. The van der Waals surface area contributed by atoms with Gasteiger partial charge in [-0.25, -0.2) is 0 Å². The highest BCUT2D eigenvalue weighted by atomic mass is 13.7. The zero-order valence-electron chi connectivity index (χ0n) is 4.91. The quantitative estimate of drug-likeness (QED) is 0.402. The summed E-state index contributed by atoms with van der Waals surface area (Å²) in [7, 11) is 0. The first-order chi connectivity index (χ1) is 3.27. The van der Waals surface area contributed by atoms with Crippen LogP contribution in [0.2, 0.25) is 0 Å². The molecule has 0 N–H and O–H groups in total. The molecule has 0 aromatic carbocycles. The fraction of sp³-hybridized carbons (Fsp3) is 0.429. The average molecular weight is 94.2 g/mol. The van der Waals surface area contributed by atoms with Crippen LogP contribution in [0.5, 0.6) is 0 Å². The highest BCUT2D eigenvalue weighted by Gasteiger charge is 1.65. The Morgan fingerprint density at radius 2 is 2.29 bits per heavy atom. The minimum Gasteiger partial charge on any atom is -0.0986 e. The summed E-state index contributed by atoms with van der Waals surface area (Å²) in [6.07, 6.45) is 0.923. The number of rotatable bonds is 0. The predicted octanol–water partition coefficient (Wildman–Crippen LogP) is 1.98. The van der Waals surface area contributed by atoms with Crippen LogP contribution in [0.1, 0.15) is 20.3 Å². The van der Waals surface area contributed by atoms with E-state index in [1.807, 2.05) is 13.8 Å². The second kappa shape index (κ2) is 3.49. The molecule has 38 valence electrons. The maximum atomic E-state index is 3.62. The molecule has 0 amide bonds. The van der Waals surface area contributed by atoms with Gasteiger partial charge in [0.25, 0.3) is 0 Å². The fourth-order valence-corrected chi connectivity index (χ4v) is 0.239. The molecule has 0 unspecified atom stereocenters. The monoisotopic (exact) mass is 94.1 g/mol. The van der Waals surface area contributed by atoms with Crippen molar-refractivity contribution in [2.45, 2.75) is 20.3 Å². The molecule has 0 heteroatoms. The van der Waals surface area contributed by atoms with Crippen molar-refractivity contribution in [2.75, 3.05) is 0 Å². The number of hydrogen-bond donors (Lipinski definition) is 0. The standard InChI is InChI=1S/C7H10/c1-4-5-6-7(2)3/h2,4H2,1,3H3. The molecular weight excluding hydrogens is 84.1 g/mol. The minimum atomic E-state index is 0.923. The van der Waals surface area contributed by atoms with Gasteiger partial charge in [-0.15, -0.1) is 0 Å². The summed E-state index contributed by atoms with van der Waals surface area (Å²) < 4.78 is 0. The van der Waals surface area contributed by atoms with Crippen LogP contribution in [0.25, 0.3) is 0 Å². The van der Waals surface area contributed by atoms with Crippen LogP contribution >= 0.6 is 0 Å². The number of hydrogen-bond acceptors (Lipinski definition) is 0. The van der Waals surface area contributed by atoms with Crippen molar-refractivity contribution in [1.82, 2.24) is 0 Å². The summed E-state index contributed by atoms with van der Waals surface area (Å²) >= 11 is 0. The molecule has 0 heterocycles. The zero-order chi connectivity index (χ0) is 5.70. The third-order valence-electron chi connectivity index (χ3n) is 0.479. The first-order valence-electron chi connectivity index (χ1n) is 2.41. The van der Waals surface area contributed by atoms with Crippen molar-refractivity contribution in [3.63, 3.8) is 0 Å². The Morgan fingerprint density at radius 1 is 1.71 bits per heavy atom. The van der Waals surface area contributed by atoms with Crippen LogP contribution in [-0.4, -0.2) is 0 Å². The van der Waals surface area contributed by atoms with Gasteiger partial charge < -0.3 is 0 Å². The molecule has 0 saturated carbocycles. The largest absolute Gasteiger partial charge is 0.0986 e. The lowest BCUT2D eigenvalue weighted by atomic mass is 10.3. The molecule has 0 aliphatic rings. The van der Waals surface area contributed by atoms with Crippen molar-refractivity contribution < 1.29 is 0 Å². The highest BCUT2D eigenvalue weighted by Crippen LogP contribution is 1.79. The highest BCUT2D eigenvalue weighted by molar-refractivity contribution is 5.22. The second-order valence-corrected chi connectivity index (χ2v) is 1.44. The van der Waals surface area contributed by atoms with E-state index in [-0.39, 0.29) is 0 Å². The van der Waals surface area contributed by atoms with Gasteiger partial charge in [0.05, 0.1) is 0 Å². The van der Waals surface area contributed by atoms with Gasteiger partial charge in [-0.2, -0.15) is 0 Å². The first kappa shape index (κ1) is 6.30. The molecule has 0 aliphatic heterocycles. The van der Waals surface area contributed by atoms with Gasteiger partial charge in [0.2, 0.25) is 0 Å². The van der Waals surface area contributed by atoms with Crippen LogP contribution in [0.15, 0.2) is 12.2 Å². The molecule has 0 bridgehead atoms. The van der Waals surface area contributed by atoms with Gasteiger partial charge in [-0.05, 0) is 12.5 Å². The van der Waals surface area contributed by atoms with Gasteiger partial charge in [-0.1, -0.05) is 25.3 Å². The Kier molecular flexibility index (Phi) is 3.14. The van der Waals surface area contributed by atoms with Crippen LogP contribution in [0.3, 0.4) is 0 Å². The lowest BCUT2D eigenvalue weighted by Gasteiger charge is -1.73. The van der Waals surface area contributed by atoms with E-state index in [0.717, 1.165) is 12.0 Å². The molecule has 0 rings (SSSR count). The van der Waals surface area contributed by atoms with Gasteiger partial charge >= 0.3 is 0 Å². The molecule has 7 heavy (non-hydrogen) atoms. The van der Waals surface area contributed by atoms with Crippen LogP contribution in [0.4, 0.5) is 0 Å². The molecule has 0 aliphatic carbocycles. The van der Waals surface area contributed by atoms with Gasteiger partial charge in [-0.3, -0.25) is 0 Å². The Labute approximate surface area is 45.2 Å². The molecule has 0 fully saturated rings. The van der Waals surface area contributed by atoms with Crippen LogP contribution < -0.4 is 0 Å². The van der Waals surface area contributed by atoms with Gasteiger partial charge in [0.1, 0.15) is 0 Å². The Balaban J connectivity index is 3.45. The maximum absolute atomic E-state index is 3.62. The molecule has 0 aromatic rings. The van der Waals surface area contributed by atoms with E-state index >= 15 is 0 Å². The second-order valence-electron chi connectivity index (χ2n) is 1.44. The van der Waals surface area contributed by atoms with E-state index in [9.17, 15) is 0 Å². The molecular formula is C7H10. The molecule has 0 spiro atoms. The molecule has 0 saturated heterocycles. The predicted molar refractivity (Wildman–Crippen MR) is 32.9 cm³/mol. The third-order valence-corrected chi connectivity index (χ3v) is 0.479. The summed E-state index contributed by atoms with van der Waals surface area (Å²) in [6.45, 7) is 7.55. The van der Waals surface area contributed by atoms with Gasteiger partial charge in [0.15, 0.2) is 0 Å². The zero-order valence-corrected chi connectivity index (χ0v) is 4.91. The summed E-state index contributed by atoms with van der Waals surface area (Å²) in [6, 6.07) is 0. The van der Waals surface area contributed by atoms with Crippen molar-refractivity contribution in [2.24, 2.45) is 0 Å². The van der Waals surface area contributed by atoms with Gasteiger partial charge in [0, 0.05) is 6.42 Å². The Bertz CT molecular complexity index is 110. The SMILES string of the molecule is C=C(C)C#CCC. The van der Waals surface area contributed by atoms with E-state index in [0.29, 0.717) is 0 Å². The Morgan fingerprint density at radius 3 is 2.43 bits per heavy atom. The fourth-order valence-electron chi connectivity index (χ4n) is 0.239. The summed E-state index contributed by atoms with van der Waals surface area (Å²) in [5.74, 6) is 5.75. The van der Waals surface area contributed by atoms with Crippen molar-refractivity contribution in [1.29, 1.82) is 0 Å². The lowest BCUT2D eigenvalue weighted by Crippen LogP contribution is -1.59.